The maximum absolute atomic E-state index is 11.9. The van der Waals surface area contributed by atoms with Crippen LogP contribution in [0.1, 0.15) is 39.0 Å². The molecule has 3 aromatic rings. The SMILES string of the molecule is COC(=O)N1CCC(Oc2nc(NC3CCC(C)CC3)ncc2-c2ccc3cn(C)nc3c2)C1. The fraction of sp³-hybridized carbons (Fsp3) is 0.520. The Kier molecular flexibility index (Phi) is 6.26. The van der Waals surface area contributed by atoms with Crippen molar-refractivity contribution >= 4 is 22.9 Å². The third-order valence-corrected chi connectivity index (χ3v) is 6.89. The summed E-state index contributed by atoms with van der Waals surface area (Å²) in [4.78, 5) is 23.0. The van der Waals surface area contributed by atoms with Crippen LogP contribution in [0.3, 0.4) is 0 Å². The van der Waals surface area contributed by atoms with Gasteiger partial charge in [0.25, 0.3) is 0 Å². The molecular formula is C25H32N6O3. The monoisotopic (exact) mass is 464 g/mol. The highest BCUT2D eigenvalue weighted by Crippen LogP contribution is 2.33. The van der Waals surface area contributed by atoms with E-state index < -0.39 is 0 Å². The third-order valence-electron chi connectivity index (χ3n) is 6.89. The molecule has 5 rings (SSSR count). The number of aromatic nitrogens is 4. The van der Waals surface area contributed by atoms with Gasteiger partial charge in [0.1, 0.15) is 6.10 Å². The van der Waals surface area contributed by atoms with Gasteiger partial charge in [0.15, 0.2) is 0 Å². The minimum absolute atomic E-state index is 0.158. The number of carbonyl (C=O) groups excluding carboxylic acids is 1. The molecule has 9 heteroatoms. The quantitative estimate of drug-likeness (QED) is 0.603. The minimum Gasteiger partial charge on any atom is -0.472 e. The van der Waals surface area contributed by atoms with E-state index in [9.17, 15) is 4.79 Å². The lowest BCUT2D eigenvalue weighted by Gasteiger charge is -2.27. The number of rotatable bonds is 5. The zero-order valence-corrected chi connectivity index (χ0v) is 20.0. The molecule has 2 fully saturated rings. The second-order valence-corrected chi connectivity index (χ2v) is 9.53. The molecule has 1 atom stereocenters. The van der Waals surface area contributed by atoms with Gasteiger partial charge in [-0.15, -0.1) is 0 Å². The average Bonchev–Trinajstić information content (AvgIpc) is 3.45. The lowest BCUT2D eigenvalue weighted by molar-refractivity contribution is 0.125. The molecule has 180 valence electrons. The number of benzene rings is 1. The minimum atomic E-state index is -0.330. The van der Waals surface area contributed by atoms with E-state index >= 15 is 0 Å². The van der Waals surface area contributed by atoms with Gasteiger partial charge in [-0.2, -0.15) is 10.1 Å². The lowest BCUT2D eigenvalue weighted by Crippen LogP contribution is -2.31. The van der Waals surface area contributed by atoms with Crippen LogP contribution in [0.4, 0.5) is 10.7 Å². The molecule has 1 aliphatic carbocycles. The van der Waals surface area contributed by atoms with Gasteiger partial charge >= 0.3 is 6.09 Å². The lowest BCUT2D eigenvalue weighted by atomic mass is 9.87. The van der Waals surface area contributed by atoms with Gasteiger partial charge in [-0.25, -0.2) is 9.78 Å². The number of aryl methyl sites for hydroxylation is 1. The predicted molar refractivity (Wildman–Crippen MR) is 130 cm³/mol. The van der Waals surface area contributed by atoms with E-state index in [0.29, 0.717) is 31.0 Å². The molecule has 0 radical (unpaired) electrons. The number of carbonyl (C=O) groups is 1. The summed E-state index contributed by atoms with van der Waals surface area (Å²) in [7, 11) is 3.31. The normalized spacial score (nSPS) is 22.7. The first-order chi connectivity index (χ1) is 16.5. The van der Waals surface area contributed by atoms with Crippen LogP contribution in [0.15, 0.2) is 30.6 Å². The highest BCUT2D eigenvalue weighted by Gasteiger charge is 2.29. The smallest absolute Gasteiger partial charge is 0.409 e. The van der Waals surface area contributed by atoms with Crippen LogP contribution in [-0.4, -0.2) is 63.1 Å². The second kappa shape index (κ2) is 9.48. The largest absolute Gasteiger partial charge is 0.472 e. The van der Waals surface area contributed by atoms with Gasteiger partial charge in [0, 0.05) is 43.8 Å². The van der Waals surface area contributed by atoms with E-state index in [1.54, 1.807) is 9.58 Å². The van der Waals surface area contributed by atoms with Gasteiger partial charge < -0.3 is 19.7 Å². The zero-order valence-electron chi connectivity index (χ0n) is 20.0. The predicted octanol–water partition coefficient (Wildman–Crippen LogP) is 4.24. The molecule has 3 heterocycles. The molecule has 9 nitrogen and oxygen atoms in total. The maximum Gasteiger partial charge on any atom is 0.409 e. The number of ether oxygens (including phenoxy) is 2. The summed E-state index contributed by atoms with van der Waals surface area (Å²) in [5, 5.41) is 9.12. The van der Waals surface area contributed by atoms with Crippen molar-refractivity contribution in [2.24, 2.45) is 13.0 Å². The van der Waals surface area contributed by atoms with Crippen LogP contribution < -0.4 is 10.1 Å². The fourth-order valence-corrected chi connectivity index (χ4v) is 4.89. The molecule has 0 spiro atoms. The Morgan fingerprint density at radius 1 is 1.18 bits per heavy atom. The van der Waals surface area contributed by atoms with Crippen molar-refractivity contribution in [3.63, 3.8) is 0 Å². The molecule has 1 N–H and O–H groups in total. The molecule has 2 aromatic heterocycles. The van der Waals surface area contributed by atoms with E-state index in [1.807, 2.05) is 37.6 Å². The molecule has 1 unspecified atom stereocenters. The van der Waals surface area contributed by atoms with Crippen LogP contribution in [0, 0.1) is 5.92 Å². The van der Waals surface area contributed by atoms with Crippen molar-refractivity contribution in [3.8, 4) is 17.0 Å². The number of hydrogen-bond acceptors (Lipinski definition) is 7. The fourth-order valence-electron chi connectivity index (χ4n) is 4.89. The topological polar surface area (TPSA) is 94.4 Å². The van der Waals surface area contributed by atoms with E-state index in [0.717, 1.165) is 47.2 Å². The molecule has 34 heavy (non-hydrogen) atoms. The Bertz CT molecular complexity index is 1170. The summed E-state index contributed by atoms with van der Waals surface area (Å²) in [6.07, 6.45) is 8.73. The first-order valence-corrected chi connectivity index (χ1v) is 12.1. The number of nitrogens with one attached hydrogen (secondary N) is 1. The number of likely N-dealkylation sites (tertiary alicyclic amines) is 1. The first kappa shape index (κ1) is 22.4. The molecule has 1 saturated carbocycles. The van der Waals surface area contributed by atoms with E-state index in [-0.39, 0.29) is 12.2 Å². The third kappa shape index (κ3) is 4.78. The maximum atomic E-state index is 11.9. The van der Waals surface area contributed by atoms with E-state index in [4.69, 9.17) is 14.5 Å². The summed E-state index contributed by atoms with van der Waals surface area (Å²) in [6, 6.07) is 6.50. The molecular weight excluding hydrogens is 432 g/mol. The van der Waals surface area contributed by atoms with Crippen LogP contribution in [0.5, 0.6) is 5.88 Å². The van der Waals surface area contributed by atoms with Gasteiger partial charge in [-0.3, -0.25) is 4.68 Å². The standard InChI is InChI=1S/C25H32N6O3/c1-16-4-8-19(9-5-16)27-24-26-13-21(17-6-7-18-14-30(2)29-22(18)12-17)23(28-24)34-20-10-11-31(15-20)25(32)33-3/h6-7,12-14,16,19-20H,4-5,8-11,15H2,1-3H3,(H,26,27,28). The summed E-state index contributed by atoms with van der Waals surface area (Å²) in [5.41, 5.74) is 2.66. The van der Waals surface area contributed by atoms with Gasteiger partial charge in [0.05, 0.1) is 24.7 Å². The summed E-state index contributed by atoms with van der Waals surface area (Å²) in [5.74, 6) is 1.88. The van der Waals surface area contributed by atoms with Gasteiger partial charge in [-0.1, -0.05) is 19.1 Å². The van der Waals surface area contributed by atoms with Crippen molar-refractivity contribution in [3.05, 3.63) is 30.6 Å². The Labute approximate surface area is 199 Å². The number of methoxy groups -OCH3 is 1. The number of anilines is 1. The zero-order chi connectivity index (χ0) is 23.7. The van der Waals surface area contributed by atoms with E-state index in [2.05, 4.69) is 22.3 Å². The highest BCUT2D eigenvalue weighted by atomic mass is 16.5. The summed E-state index contributed by atoms with van der Waals surface area (Å²) < 4.78 is 13.1. The summed E-state index contributed by atoms with van der Waals surface area (Å²) >= 11 is 0. The Morgan fingerprint density at radius 3 is 2.79 bits per heavy atom. The van der Waals surface area contributed by atoms with Crippen LogP contribution >= 0.6 is 0 Å². The van der Waals surface area contributed by atoms with Crippen LogP contribution in [-0.2, 0) is 11.8 Å². The highest BCUT2D eigenvalue weighted by molar-refractivity contribution is 5.84. The van der Waals surface area contributed by atoms with Crippen LogP contribution in [0.2, 0.25) is 0 Å². The molecule has 1 aliphatic heterocycles. The number of nitrogens with zero attached hydrogens (tertiary/aromatic N) is 5. The first-order valence-electron chi connectivity index (χ1n) is 12.1. The van der Waals surface area contributed by atoms with Crippen molar-refractivity contribution < 1.29 is 14.3 Å². The number of amides is 1. The van der Waals surface area contributed by atoms with Crippen molar-refractivity contribution in [2.75, 3.05) is 25.5 Å². The van der Waals surface area contributed by atoms with Gasteiger partial charge in [0.2, 0.25) is 11.8 Å². The Hall–Kier alpha value is -3.36. The van der Waals surface area contributed by atoms with Crippen LogP contribution in [0.25, 0.3) is 22.0 Å². The van der Waals surface area contributed by atoms with Crippen molar-refractivity contribution in [1.82, 2.24) is 24.6 Å². The van der Waals surface area contributed by atoms with Gasteiger partial charge in [-0.05, 0) is 43.2 Å². The molecule has 2 aliphatic rings. The van der Waals surface area contributed by atoms with Crippen molar-refractivity contribution in [2.45, 2.75) is 51.2 Å². The molecule has 1 amide bonds. The van der Waals surface area contributed by atoms with Crippen molar-refractivity contribution in [1.29, 1.82) is 0 Å². The number of hydrogen-bond donors (Lipinski definition) is 1. The Balaban J connectivity index is 1.42. The Morgan fingerprint density at radius 2 is 2.00 bits per heavy atom. The molecule has 1 aromatic carbocycles. The summed E-state index contributed by atoms with van der Waals surface area (Å²) in [6.45, 7) is 3.38. The second-order valence-electron chi connectivity index (χ2n) is 9.53. The van der Waals surface area contributed by atoms with E-state index in [1.165, 1.54) is 20.0 Å². The average molecular weight is 465 g/mol. The molecule has 0 bridgehead atoms. The molecule has 1 saturated heterocycles. The number of fused-ring (bicyclic) bond motifs is 1.